The van der Waals surface area contributed by atoms with Crippen molar-refractivity contribution in [1.82, 2.24) is 25.0 Å². The van der Waals surface area contributed by atoms with Gasteiger partial charge in [-0.05, 0) is 22.9 Å². The van der Waals surface area contributed by atoms with Crippen LogP contribution in [0.15, 0.2) is 0 Å². The second kappa shape index (κ2) is 6.79. The van der Waals surface area contributed by atoms with Gasteiger partial charge in [0.1, 0.15) is 17.2 Å². The van der Waals surface area contributed by atoms with E-state index in [1.54, 1.807) is 35.0 Å². The van der Waals surface area contributed by atoms with Crippen LogP contribution in [0.1, 0.15) is 17.4 Å². The molecule has 134 valence electrons. The van der Waals surface area contributed by atoms with E-state index in [1.165, 1.54) is 10.4 Å². The topological polar surface area (TPSA) is 90.9 Å². The fraction of sp³-hybridized carbons (Fsp3) is 0.600. The molecule has 0 bridgehead atoms. The molecule has 1 atom stereocenters. The minimum atomic E-state index is -0.335. The third-order valence-corrected chi connectivity index (χ3v) is 5.97. The molecule has 0 amide bonds. The highest BCUT2D eigenvalue weighted by Gasteiger charge is 2.27. The molecule has 0 radical (unpaired) electrons. The van der Waals surface area contributed by atoms with Gasteiger partial charge in [0.05, 0.1) is 29.9 Å². The second-order valence-electron chi connectivity index (χ2n) is 6.10. The number of anilines is 1. The Morgan fingerprint density at radius 3 is 2.96 bits per heavy atom. The van der Waals surface area contributed by atoms with Crippen LogP contribution >= 0.6 is 11.3 Å². The van der Waals surface area contributed by atoms with E-state index >= 15 is 0 Å². The van der Waals surface area contributed by atoms with Crippen molar-refractivity contribution in [2.75, 3.05) is 39.2 Å². The van der Waals surface area contributed by atoms with Crippen molar-refractivity contribution in [2.24, 2.45) is 0 Å². The minimum Gasteiger partial charge on any atom is -0.364 e. The number of fused-ring (bicyclic) bond motifs is 5. The van der Waals surface area contributed by atoms with Gasteiger partial charge in [-0.3, -0.25) is 0 Å². The standard InChI is InChI=1S/C15H21N7O2S/c1-4-21-6-5-9-10(8-21)25-14-12(9)13(16-7-11(23-2)24-3)17-15-18-19-20-22(14)15/h11H,4-8H2,1-3H3,(H,16,17,18,20)/p+1. The summed E-state index contributed by atoms with van der Waals surface area (Å²) in [6.07, 6.45) is 0.707. The molecule has 2 N–H and O–H groups in total. The first kappa shape index (κ1) is 16.6. The molecule has 4 rings (SSSR count). The van der Waals surface area contributed by atoms with E-state index in [-0.39, 0.29) is 6.29 Å². The number of likely N-dealkylation sites (N-methyl/N-ethyl adjacent to an activating group) is 1. The maximum Gasteiger partial charge on any atom is 0.276 e. The zero-order valence-electron chi connectivity index (χ0n) is 14.6. The lowest BCUT2D eigenvalue weighted by Crippen LogP contribution is -3.11. The number of aromatic nitrogens is 5. The van der Waals surface area contributed by atoms with Gasteiger partial charge in [-0.2, -0.15) is 9.50 Å². The van der Waals surface area contributed by atoms with Crippen molar-refractivity contribution >= 4 is 33.1 Å². The summed E-state index contributed by atoms with van der Waals surface area (Å²) in [7, 11) is 3.25. The van der Waals surface area contributed by atoms with Gasteiger partial charge in [0.25, 0.3) is 5.78 Å². The molecule has 4 heterocycles. The SMILES string of the molecule is CC[NH+]1CCc2c(sc3c2c(NCC(OC)OC)nc2nnnn23)C1. The summed E-state index contributed by atoms with van der Waals surface area (Å²) >= 11 is 1.77. The number of thiophene rings is 1. The Bertz CT molecular complexity index is 889. The molecule has 0 spiro atoms. The second-order valence-corrected chi connectivity index (χ2v) is 7.18. The third kappa shape index (κ3) is 2.84. The lowest BCUT2D eigenvalue weighted by molar-refractivity contribution is -0.913. The van der Waals surface area contributed by atoms with Crippen LogP contribution in [0.2, 0.25) is 0 Å². The number of quaternary nitrogens is 1. The van der Waals surface area contributed by atoms with E-state index in [0.717, 1.165) is 42.1 Å². The Morgan fingerprint density at radius 2 is 2.20 bits per heavy atom. The Labute approximate surface area is 148 Å². The molecule has 0 saturated heterocycles. The highest BCUT2D eigenvalue weighted by molar-refractivity contribution is 7.19. The van der Waals surface area contributed by atoms with Crippen molar-refractivity contribution in [1.29, 1.82) is 0 Å². The molecule has 0 aromatic carbocycles. The number of hydrogen-bond donors (Lipinski definition) is 2. The van der Waals surface area contributed by atoms with Crippen LogP contribution in [0, 0.1) is 0 Å². The van der Waals surface area contributed by atoms with Crippen LogP contribution < -0.4 is 10.2 Å². The lowest BCUT2D eigenvalue weighted by atomic mass is 10.1. The predicted molar refractivity (Wildman–Crippen MR) is 94.0 cm³/mol. The van der Waals surface area contributed by atoms with E-state index in [4.69, 9.17) is 9.47 Å². The van der Waals surface area contributed by atoms with Gasteiger partial charge < -0.3 is 19.7 Å². The Balaban J connectivity index is 1.81. The predicted octanol–water partition coefficient (Wildman–Crippen LogP) is -0.274. The summed E-state index contributed by atoms with van der Waals surface area (Å²) in [6, 6.07) is 0. The molecular weight excluding hydrogens is 342 g/mol. The first-order valence-electron chi connectivity index (χ1n) is 8.40. The van der Waals surface area contributed by atoms with Gasteiger partial charge in [-0.1, -0.05) is 5.10 Å². The molecule has 3 aromatic rings. The largest absolute Gasteiger partial charge is 0.364 e. The van der Waals surface area contributed by atoms with E-state index < -0.39 is 0 Å². The van der Waals surface area contributed by atoms with Crippen LogP contribution in [-0.2, 0) is 22.4 Å². The van der Waals surface area contributed by atoms with E-state index in [1.807, 2.05) is 0 Å². The maximum atomic E-state index is 5.27. The number of nitrogens with one attached hydrogen (secondary N) is 2. The number of rotatable bonds is 6. The zero-order chi connectivity index (χ0) is 17.4. The lowest BCUT2D eigenvalue weighted by Gasteiger charge is -2.22. The minimum absolute atomic E-state index is 0.335. The van der Waals surface area contributed by atoms with Crippen LogP contribution in [0.25, 0.3) is 16.0 Å². The smallest absolute Gasteiger partial charge is 0.276 e. The monoisotopic (exact) mass is 364 g/mol. The number of ether oxygens (including phenoxy) is 2. The maximum absolute atomic E-state index is 5.27. The van der Waals surface area contributed by atoms with Crippen molar-refractivity contribution in [3.63, 3.8) is 0 Å². The van der Waals surface area contributed by atoms with Gasteiger partial charge >= 0.3 is 0 Å². The summed E-state index contributed by atoms with van der Waals surface area (Å²) in [6.45, 7) is 6.07. The quantitative estimate of drug-likeness (QED) is 0.582. The normalized spacial score (nSPS) is 17.5. The highest BCUT2D eigenvalue weighted by Crippen LogP contribution is 2.36. The molecule has 1 aliphatic heterocycles. The molecule has 0 fully saturated rings. The first-order valence-corrected chi connectivity index (χ1v) is 9.22. The van der Waals surface area contributed by atoms with E-state index in [9.17, 15) is 0 Å². The molecule has 9 nitrogen and oxygen atoms in total. The first-order chi connectivity index (χ1) is 12.2. The number of hydrogen-bond acceptors (Lipinski definition) is 8. The molecule has 10 heteroatoms. The van der Waals surface area contributed by atoms with Crippen molar-refractivity contribution in [3.8, 4) is 0 Å². The van der Waals surface area contributed by atoms with E-state index in [0.29, 0.717) is 12.3 Å². The molecule has 1 aliphatic rings. The Hall–Kier alpha value is -1.88. The molecule has 1 unspecified atom stereocenters. The highest BCUT2D eigenvalue weighted by atomic mass is 32.1. The van der Waals surface area contributed by atoms with Gasteiger partial charge in [-0.25, -0.2) is 0 Å². The number of tetrazole rings is 1. The van der Waals surface area contributed by atoms with Crippen LogP contribution in [0.3, 0.4) is 0 Å². The van der Waals surface area contributed by atoms with Gasteiger partial charge in [0.15, 0.2) is 6.29 Å². The number of nitrogens with zero attached hydrogens (tertiary/aromatic N) is 5. The summed E-state index contributed by atoms with van der Waals surface area (Å²) in [5, 5.41) is 16.4. The Morgan fingerprint density at radius 1 is 1.36 bits per heavy atom. The van der Waals surface area contributed by atoms with Crippen molar-refractivity contribution < 1.29 is 14.4 Å². The summed E-state index contributed by atoms with van der Waals surface area (Å²) in [4.78, 5) is 8.68. The summed E-state index contributed by atoms with van der Waals surface area (Å²) in [5.74, 6) is 1.30. The zero-order valence-corrected chi connectivity index (χ0v) is 15.4. The van der Waals surface area contributed by atoms with Gasteiger partial charge in [-0.15, -0.1) is 11.3 Å². The van der Waals surface area contributed by atoms with Crippen LogP contribution in [-0.4, -0.2) is 65.2 Å². The average Bonchev–Trinajstić information content (AvgIpc) is 3.25. The van der Waals surface area contributed by atoms with Crippen molar-refractivity contribution in [2.45, 2.75) is 26.2 Å². The molecule has 0 aliphatic carbocycles. The van der Waals surface area contributed by atoms with Gasteiger partial charge in [0.2, 0.25) is 0 Å². The number of methoxy groups -OCH3 is 2. The third-order valence-electron chi connectivity index (χ3n) is 4.77. The van der Waals surface area contributed by atoms with Crippen LogP contribution in [0.5, 0.6) is 0 Å². The van der Waals surface area contributed by atoms with Crippen LogP contribution in [0.4, 0.5) is 5.82 Å². The molecule has 0 saturated carbocycles. The molecular formula is C15H22N7O2S+. The summed E-state index contributed by atoms with van der Waals surface area (Å²) < 4.78 is 12.3. The fourth-order valence-corrected chi connectivity index (χ4v) is 4.69. The average molecular weight is 364 g/mol. The fourth-order valence-electron chi connectivity index (χ4n) is 3.33. The molecule has 3 aromatic heterocycles. The Kier molecular flexibility index (Phi) is 4.50. The van der Waals surface area contributed by atoms with Gasteiger partial charge in [0, 0.05) is 20.6 Å². The molecule has 25 heavy (non-hydrogen) atoms. The van der Waals surface area contributed by atoms with Crippen molar-refractivity contribution in [3.05, 3.63) is 10.4 Å². The van der Waals surface area contributed by atoms with E-state index in [2.05, 4.69) is 32.7 Å². The summed E-state index contributed by atoms with van der Waals surface area (Å²) in [5.41, 5.74) is 1.37.